The van der Waals surface area contributed by atoms with Gasteiger partial charge in [0.05, 0.1) is 22.4 Å². The molecule has 0 spiro atoms. The third-order valence-corrected chi connectivity index (χ3v) is 7.84. The Morgan fingerprint density at radius 1 is 0.513 bits per heavy atom. The Bertz CT molecular complexity index is 1880. The summed E-state index contributed by atoms with van der Waals surface area (Å²) in [6.45, 7) is 8.85. The number of nitrogens with zero attached hydrogens (tertiary/aromatic N) is 2. The molecule has 0 aliphatic rings. The molecule has 0 amide bonds. The van der Waals surface area contributed by atoms with Gasteiger partial charge in [-0.15, -0.1) is 0 Å². The SMILES string of the molecule is CC(C)c1ccc2ccc(-c3cccc4c3oc3c(-c5ccc6ccc(C(C)C)cc6n5)cccc34)nc2c1. The summed E-state index contributed by atoms with van der Waals surface area (Å²) < 4.78 is 6.69. The van der Waals surface area contributed by atoms with Gasteiger partial charge in [-0.2, -0.15) is 0 Å². The lowest BCUT2D eigenvalue weighted by Crippen LogP contribution is -1.90. The molecule has 190 valence electrons. The molecule has 3 nitrogen and oxygen atoms in total. The zero-order chi connectivity index (χ0) is 26.7. The summed E-state index contributed by atoms with van der Waals surface area (Å²) in [4.78, 5) is 10.1. The predicted molar refractivity (Wildman–Crippen MR) is 163 cm³/mol. The second-order valence-electron chi connectivity index (χ2n) is 11.1. The number of furan rings is 1. The van der Waals surface area contributed by atoms with Gasteiger partial charge < -0.3 is 4.42 Å². The van der Waals surface area contributed by atoms with E-state index in [0.29, 0.717) is 11.8 Å². The van der Waals surface area contributed by atoms with Crippen LogP contribution in [0.25, 0.3) is 66.3 Å². The standard InChI is InChI=1S/C36H30N2O/c1-21(2)25-13-11-23-15-17-31(37-33(23)19-25)29-9-5-7-27-28-8-6-10-30(36(28)39-35(27)29)32-18-16-24-12-14-26(22(3)4)20-34(24)38-32/h5-22H,1-4H3. The lowest BCUT2D eigenvalue weighted by Gasteiger charge is -2.08. The van der Waals surface area contributed by atoms with Crippen molar-refractivity contribution in [2.75, 3.05) is 0 Å². The number of pyridine rings is 2. The molecule has 0 saturated carbocycles. The van der Waals surface area contributed by atoms with Crippen LogP contribution in [0.4, 0.5) is 0 Å². The van der Waals surface area contributed by atoms with Crippen LogP contribution in [-0.2, 0) is 0 Å². The molecule has 0 saturated heterocycles. The largest absolute Gasteiger partial charge is 0.455 e. The van der Waals surface area contributed by atoms with Crippen molar-refractivity contribution in [3.63, 3.8) is 0 Å². The maximum atomic E-state index is 6.69. The van der Waals surface area contributed by atoms with Crippen LogP contribution in [0, 0.1) is 0 Å². The molecule has 3 aromatic heterocycles. The Morgan fingerprint density at radius 2 is 0.949 bits per heavy atom. The normalized spacial score (nSPS) is 12.1. The summed E-state index contributed by atoms with van der Waals surface area (Å²) in [6.07, 6.45) is 0. The first kappa shape index (κ1) is 23.6. The summed E-state index contributed by atoms with van der Waals surface area (Å²) in [5.74, 6) is 0.913. The van der Waals surface area contributed by atoms with Gasteiger partial charge in [-0.1, -0.05) is 88.4 Å². The molecule has 3 heteroatoms. The third-order valence-electron chi connectivity index (χ3n) is 7.84. The first-order valence-electron chi connectivity index (χ1n) is 13.7. The number of hydrogen-bond acceptors (Lipinski definition) is 3. The molecule has 0 aliphatic heterocycles. The number of para-hydroxylation sites is 2. The van der Waals surface area contributed by atoms with E-state index in [4.69, 9.17) is 14.4 Å². The molecule has 0 aliphatic carbocycles. The van der Waals surface area contributed by atoms with E-state index in [-0.39, 0.29) is 0 Å². The van der Waals surface area contributed by atoms with Crippen LogP contribution >= 0.6 is 0 Å². The minimum Gasteiger partial charge on any atom is -0.455 e. The Morgan fingerprint density at radius 3 is 1.38 bits per heavy atom. The van der Waals surface area contributed by atoms with E-state index in [9.17, 15) is 0 Å². The molecule has 0 unspecified atom stereocenters. The van der Waals surface area contributed by atoms with Gasteiger partial charge in [0, 0.05) is 32.7 Å². The van der Waals surface area contributed by atoms with E-state index in [0.717, 1.165) is 66.3 Å². The van der Waals surface area contributed by atoms with E-state index in [1.807, 2.05) is 0 Å². The van der Waals surface area contributed by atoms with E-state index in [1.165, 1.54) is 11.1 Å². The Kier molecular flexibility index (Phi) is 5.48. The van der Waals surface area contributed by atoms with Crippen LogP contribution in [0.2, 0.25) is 0 Å². The van der Waals surface area contributed by atoms with Crippen molar-refractivity contribution in [3.05, 3.63) is 108 Å². The van der Waals surface area contributed by atoms with Crippen molar-refractivity contribution in [1.82, 2.24) is 9.97 Å². The van der Waals surface area contributed by atoms with Gasteiger partial charge in [0.2, 0.25) is 0 Å². The van der Waals surface area contributed by atoms with Crippen molar-refractivity contribution in [1.29, 1.82) is 0 Å². The summed E-state index contributed by atoms with van der Waals surface area (Å²) >= 11 is 0. The van der Waals surface area contributed by atoms with E-state index in [1.54, 1.807) is 0 Å². The van der Waals surface area contributed by atoms with Gasteiger partial charge >= 0.3 is 0 Å². The molecular formula is C36H30N2O. The molecule has 7 aromatic rings. The molecule has 0 atom stereocenters. The number of aromatic nitrogens is 2. The quantitative estimate of drug-likeness (QED) is 0.238. The highest BCUT2D eigenvalue weighted by atomic mass is 16.3. The lowest BCUT2D eigenvalue weighted by atomic mass is 10.00. The van der Waals surface area contributed by atoms with Gasteiger partial charge in [-0.3, -0.25) is 0 Å². The molecule has 0 fully saturated rings. The topological polar surface area (TPSA) is 38.9 Å². The van der Waals surface area contributed by atoms with Gasteiger partial charge in [-0.25, -0.2) is 9.97 Å². The molecule has 4 aromatic carbocycles. The number of benzene rings is 4. The van der Waals surface area contributed by atoms with Crippen LogP contribution in [0.15, 0.2) is 101 Å². The van der Waals surface area contributed by atoms with Crippen molar-refractivity contribution in [3.8, 4) is 22.5 Å². The predicted octanol–water partition coefficient (Wildman–Crippen LogP) is 10.3. The summed E-state index contributed by atoms with van der Waals surface area (Å²) in [7, 11) is 0. The van der Waals surface area contributed by atoms with Crippen molar-refractivity contribution in [2.24, 2.45) is 0 Å². The van der Waals surface area contributed by atoms with Gasteiger partial charge in [0.15, 0.2) is 0 Å². The highest BCUT2D eigenvalue weighted by molar-refractivity contribution is 6.12. The average molecular weight is 507 g/mol. The fraction of sp³-hybridized carbons (Fsp3) is 0.167. The molecule has 0 N–H and O–H groups in total. The second-order valence-corrected chi connectivity index (χ2v) is 11.1. The molecular weight excluding hydrogens is 476 g/mol. The highest BCUT2D eigenvalue weighted by Crippen LogP contribution is 2.39. The van der Waals surface area contributed by atoms with Gasteiger partial charge in [-0.05, 0) is 59.4 Å². The van der Waals surface area contributed by atoms with E-state index in [2.05, 4.69) is 125 Å². The van der Waals surface area contributed by atoms with Crippen LogP contribution < -0.4 is 0 Å². The fourth-order valence-electron chi connectivity index (χ4n) is 5.51. The third kappa shape index (κ3) is 3.97. The molecule has 3 heterocycles. The molecule has 7 rings (SSSR count). The first-order chi connectivity index (χ1) is 19.0. The maximum Gasteiger partial charge on any atom is 0.144 e. The Balaban J connectivity index is 1.41. The minimum absolute atomic E-state index is 0.456. The maximum absolute atomic E-state index is 6.69. The zero-order valence-corrected chi connectivity index (χ0v) is 22.7. The molecule has 39 heavy (non-hydrogen) atoms. The van der Waals surface area contributed by atoms with Crippen LogP contribution in [0.5, 0.6) is 0 Å². The average Bonchev–Trinajstić information content (AvgIpc) is 3.35. The summed E-state index contributed by atoms with van der Waals surface area (Å²) in [5.41, 5.74) is 10.1. The Labute approximate surface area is 228 Å². The van der Waals surface area contributed by atoms with E-state index >= 15 is 0 Å². The van der Waals surface area contributed by atoms with Crippen molar-refractivity contribution in [2.45, 2.75) is 39.5 Å². The van der Waals surface area contributed by atoms with Crippen LogP contribution in [0.1, 0.15) is 50.7 Å². The summed E-state index contributed by atoms with van der Waals surface area (Å²) in [6, 6.07) is 34.3. The van der Waals surface area contributed by atoms with Gasteiger partial charge in [0.1, 0.15) is 11.2 Å². The van der Waals surface area contributed by atoms with Gasteiger partial charge in [0.25, 0.3) is 0 Å². The highest BCUT2D eigenvalue weighted by Gasteiger charge is 2.17. The van der Waals surface area contributed by atoms with Crippen LogP contribution in [0.3, 0.4) is 0 Å². The zero-order valence-electron chi connectivity index (χ0n) is 22.7. The lowest BCUT2D eigenvalue weighted by molar-refractivity contribution is 0.670. The minimum atomic E-state index is 0.456. The van der Waals surface area contributed by atoms with Crippen LogP contribution in [-0.4, -0.2) is 9.97 Å². The number of hydrogen-bond donors (Lipinski definition) is 0. The molecule has 0 radical (unpaired) electrons. The number of rotatable bonds is 4. The van der Waals surface area contributed by atoms with E-state index < -0.39 is 0 Å². The monoisotopic (exact) mass is 506 g/mol. The second kappa shape index (κ2) is 9.06. The number of fused-ring (bicyclic) bond motifs is 5. The first-order valence-corrected chi connectivity index (χ1v) is 13.7. The van der Waals surface area contributed by atoms with Crippen molar-refractivity contribution < 1.29 is 4.42 Å². The fourth-order valence-corrected chi connectivity index (χ4v) is 5.51. The Hall–Kier alpha value is -4.50. The van der Waals surface area contributed by atoms with Crippen molar-refractivity contribution >= 4 is 43.7 Å². The molecule has 0 bridgehead atoms. The smallest absolute Gasteiger partial charge is 0.144 e. The summed E-state index contributed by atoms with van der Waals surface area (Å²) in [5, 5.41) is 4.46.